The Labute approximate surface area is 203 Å². The first kappa shape index (κ1) is 24.7. The van der Waals surface area contributed by atoms with Gasteiger partial charge in [-0.3, -0.25) is 9.20 Å². The number of halogens is 2. The monoisotopic (exact) mass is 520 g/mol. The molecule has 1 aromatic carbocycles. The summed E-state index contributed by atoms with van der Waals surface area (Å²) in [4.78, 5) is 24.8. The van der Waals surface area contributed by atoms with Gasteiger partial charge < -0.3 is 9.64 Å². The van der Waals surface area contributed by atoms with Gasteiger partial charge in [-0.2, -0.15) is 0 Å². The quantitative estimate of drug-likeness (QED) is 0.222. The first-order valence-electron chi connectivity index (χ1n) is 11.2. The molecule has 0 spiro atoms. The lowest BCUT2D eigenvalue weighted by Crippen LogP contribution is -2.25. The Morgan fingerprint density at radius 1 is 1.22 bits per heavy atom. The minimum absolute atomic E-state index is 0.132. The predicted molar refractivity (Wildman–Crippen MR) is 132 cm³/mol. The molecule has 0 bridgehead atoms. The van der Waals surface area contributed by atoms with Gasteiger partial charge >= 0.3 is 0 Å². The van der Waals surface area contributed by atoms with Crippen LogP contribution >= 0.6 is 27.5 Å². The Morgan fingerprint density at radius 2 is 2.00 bits per heavy atom. The number of aryl methyl sites for hydroxylation is 1. The molecule has 0 amide bonds. The Bertz CT molecular complexity index is 1040. The largest absolute Gasteiger partial charge is 0.491 e. The normalized spacial score (nSPS) is 11.4. The molecule has 0 unspecified atom stereocenters. The van der Waals surface area contributed by atoms with Gasteiger partial charge in [-0.25, -0.2) is 9.97 Å². The Balaban J connectivity index is 1.82. The molecule has 32 heavy (non-hydrogen) atoms. The number of rotatable bonds is 12. The van der Waals surface area contributed by atoms with Gasteiger partial charge in [-0.1, -0.05) is 38.8 Å². The van der Waals surface area contributed by atoms with Crippen molar-refractivity contribution < 1.29 is 9.53 Å². The molecular weight excluding hydrogens is 492 g/mol. The maximum Gasteiger partial charge on any atom is 0.234 e. The van der Waals surface area contributed by atoms with Crippen molar-refractivity contribution in [2.75, 3.05) is 26.2 Å². The fourth-order valence-corrected chi connectivity index (χ4v) is 4.62. The average Bonchev–Trinajstić information content (AvgIpc) is 3.16. The molecule has 172 valence electrons. The Hall–Kier alpha value is -1.96. The van der Waals surface area contributed by atoms with E-state index < -0.39 is 0 Å². The first-order chi connectivity index (χ1) is 15.5. The fourth-order valence-electron chi connectivity index (χ4n) is 3.66. The van der Waals surface area contributed by atoms with Crippen molar-refractivity contribution >= 4 is 39.1 Å². The number of hydrogen-bond acceptors (Lipinski definition) is 5. The van der Waals surface area contributed by atoms with E-state index in [9.17, 15) is 4.79 Å². The second-order valence-corrected chi connectivity index (χ2v) is 8.89. The van der Waals surface area contributed by atoms with Crippen molar-refractivity contribution in [1.82, 2.24) is 19.3 Å². The molecule has 0 aliphatic heterocycles. The lowest BCUT2D eigenvalue weighted by molar-refractivity contribution is 0.103. The zero-order valence-corrected chi connectivity index (χ0v) is 21.2. The third-order valence-corrected chi connectivity index (χ3v) is 6.35. The van der Waals surface area contributed by atoms with Gasteiger partial charge in [0.15, 0.2) is 5.75 Å². The van der Waals surface area contributed by atoms with Crippen LogP contribution in [-0.2, 0) is 6.42 Å². The summed E-state index contributed by atoms with van der Waals surface area (Å²) in [5, 5.41) is 0.410. The zero-order chi connectivity index (χ0) is 23.1. The number of carbonyl (C=O) groups is 1. The standard InChI is InChI=1S/C24H30BrClN4O2/c1-4-7-10-20-21(30-13-8-11-27-24(30)28-20)22(31)17-15-18(25)23(19(26)16-17)32-14-9-12-29(5-2)6-3/h8,11,13,15-16H,4-7,9-10,12,14H2,1-3H3. The van der Waals surface area contributed by atoms with Gasteiger partial charge in [0.2, 0.25) is 11.6 Å². The van der Waals surface area contributed by atoms with Crippen LogP contribution in [0.4, 0.5) is 0 Å². The van der Waals surface area contributed by atoms with Gasteiger partial charge in [0.25, 0.3) is 0 Å². The maximum atomic E-state index is 13.5. The molecule has 0 fully saturated rings. The highest BCUT2D eigenvalue weighted by Crippen LogP contribution is 2.35. The van der Waals surface area contributed by atoms with E-state index >= 15 is 0 Å². The van der Waals surface area contributed by atoms with Crippen LogP contribution in [0.5, 0.6) is 5.75 Å². The van der Waals surface area contributed by atoms with Gasteiger partial charge in [0.1, 0.15) is 5.69 Å². The third kappa shape index (κ3) is 5.69. The van der Waals surface area contributed by atoms with Gasteiger partial charge in [0, 0.05) is 24.5 Å². The van der Waals surface area contributed by atoms with E-state index in [4.69, 9.17) is 16.3 Å². The molecular formula is C24H30BrClN4O2. The van der Waals surface area contributed by atoms with Gasteiger partial charge in [-0.15, -0.1) is 0 Å². The van der Waals surface area contributed by atoms with Crippen LogP contribution < -0.4 is 4.74 Å². The van der Waals surface area contributed by atoms with Crippen molar-refractivity contribution in [3.05, 3.63) is 57.0 Å². The summed E-state index contributed by atoms with van der Waals surface area (Å²) >= 11 is 10.1. The molecule has 2 aromatic heterocycles. The summed E-state index contributed by atoms with van der Waals surface area (Å²) in [6.45, 7) is 10.0. The minimum Gasteiger partial charge on any atom is -0.491 e. The molecule has 0 atom stereocenters. The van der Waals surface area contributed by atoms with Crippen molar-refractivity contribution in [2.24, 2.45) is 0 Å². The lowest BCUT2D eigenvalue weighted by atomic mass is 10.0. The molecule has 3 rings (SSSR count). The van der Waals surface area contributed by atoms with Crippen LogP contribution in [0.1, 0.15) is 61.8 Å². The number of fused-ring (bicyclic) bond motifs is 1. The lowest BCUT2D eigenvalue weighted by Gasteiger charge is -2.18. The number of hydrogen-bond donors (Lipinski definition) is 0. The number of ketones is 1. The number of carbonyl (C=O) groups excluding carboxylic acids is 1. The number of unbranched alkanes of at least 4 members (excludes halogenated alkanes) is 1. The Kier molecular flexibility index (Phi) is 9.08. The van der Waals surface area contributed by atoms with Crippen molar-refractivity contribution in [3.63, 3.8) is 0 Å². The van der Waals surface area contributed by atoms with E-state index in [0.717, 1.165) is 51.0 Å². The number of aromatic nitrogens is 3. The number of imidazole rings is 1. The molecule has 8 heteroatoms. The predicted octanol–water partition coefficient (Wildman–Crippen LogP) is 5.83. The van der Waals surface area contributed by atoms with Crippen LogP contribution in [0.25, 0.3) is 5.78 Å². The molecule has 0 aliphatic carbocycles. The Morgan fingerprint density at radius 3 is 2.69 bits per heavy atom. The highest BCUT2D eigenvalue weighted by molar-refractivity contribution is 9.10. The number of benzene rings is 1. The second kappa shape index (κ2) is 11.8. The first-order valence-corrected chi connectivity index (χ1v) is 12.4. The van der Waals surface area contributed by atoms with E-state index in [-0.39, 0.29) is 5.78 Å². The third-order valence-electron chi connectivity index (χ3n) is 5.48. The topological polar surface area (TPSA) is 59.7 Å². The second-order valence-electron chi connectivity index (χ2n) is 7.63. The molecule has 0 saturated heterocycles. The van der Waals surface area contributed by atoms with E-state index in [2.05, 4.69) is 51.6 Å². The smallest absolute Gasteiger partial charge is 0.234 e. The summed E-state index contributed by atoms with van der Waals surface area (Å²) in [6.07, 6.45) is 7.11. The van der Waals surface area contributed by atoms with Crippen LogP contribution in [0.2, 0.25) is 5.02 Å². The van der Waals surface area contributed by atoms with Crippen LogP contribution in [-0.4, -0.2) is 51.3 Å². The SMILES string of the molecule is CCCCc1nc2ncccn2c1C(=O)c1cc(Cl)c(OCCCN(CC)CC)c(Br)c1. The highest BCUT2D eigenvalue weighted by Gasteiger charge is 2.23. The van der Waals surface area contributed by atoms with Crippen molar-refractivity contribution in [1.29, 1.82) is 0 Å². The molecule has 3 aromatic rings. The summed E-state index contributed by atoms with van der Waals surface area (Å²) in [7, 11) is 0. The van der Waals surface area contributed by atoms with Crippen molar-refractivity contribution in [2.45, 2.75) is 46.5 Å². The number of ether oxygens (including phenoxy) is 1. The zero-order valence-electron chi connectivity index (χ0n) is 18.9. The summed E-state index contributed by atoms with van der Waals surface area (Å²) in [6, 6.07) is 5.24. The molecule has 0 aliphatic rings. The number of nitrogens with zero attached hydrogens (tertiary/aromatic N) is 4. The van der Waals surface area contributed by atoms with Gasteiger partial charge in [0.05, 0.1) is 21.8 Å². The van der Waals surface area contributed by atoms with Crippen LogP contribution in [0.3, 0.4) is 0 Å². The van der Waals surface area contributed by atoms with Crippen LogP contribution in [0.15, 0.2) is 35.1 Å². The van der Waals surface area contributed by atoms with Gasteiger partial charge in [-0.05, 0) is 66.5 Å². The summed E-state index contributed by atoms with van der Waals surface area (Å²) in [5.41, 5.74) is 1.79. The molecule has 2 heterocycles. The van der Waals surface area contributed by atoms with E-state index in [0.29, 0.717) is 38.9 Å². The molecule has 6 nitrogen and oxygen atoms in total. The summed E-state index contributed by atoms with van der Waals surface area (Å²) in [5.74, 6) is 0.960. The van der Waals surface area contributed by atoms with Crippen molar-refractivity contribution in [3.8, 4) is 5.75 Å². The molecule has 0 radical (unpaired) electrons. The fraction of sp³-hybridized carbons (Fsp3) is 0.458. The van der Waals surface area contributed by atoms with E-state index in [1.54, 1.807) is 28.8 Å². The molecule has 0 N–H and O–H groups in total. The van der Waals surface area contributed by atoms with Crippen LogP contribution in [0, 0.1) is 0 Å². The maximum absolute atomic E-state index is 13.5. The minimum atomic E-state index is -0.132. The highest BCUT2D eigenvalue weighted by atomic mass is 79.9. The summed E-state index contributed by atoms with van der Waals surface area (Å²) < 4.78 is 8.36. The average molecular weight is 522 g/mol. The molecule has 0 saturated carbocycles. The van der Waals surface area contributed by atoms with E-state index in [1.807, 2.05) is 6.20 Å². The van der Waals surface area contributed by atoms with E-state index in [1.165, 1.54) is 0 Å².